The molecule has 8 heteroatoms. The van der Waals surface area contributed by atoms with E-state index in [0.717, 1.165) is 0 Å². The minimum Gasteiger partial charge on any atom is -0.478 e. The third kappa shape index (κ3) is 6.71. The van der Waals surface area contributed by atoms with Gasteiger partial charge in [-0.3, -0.25) is 4.55 Å². The largest absolute Gasteiger partial charge is 0.478 e. The minimum absolute atomic E-state index is 0.343. The van der Waals surface area contributed by atoms with Gasteiger partial charge in [-0.2, -0.15) is 8.42 Å². The van der Waals surface area contributed by atoms with Gasteiger partial charge in [0, 0.05) is 12.2 Å². The Morgan fingerprint density at radius 2 is 1.75 bits per heavy atom. The summed E-state index contributed by atoms with van der Waals surface area (Å²) in [6.07, 6.45) is 0.712. The van der Waals surface area contributed by atoms with Crippen molar-refractivity contribution in [2.75, 3.05) is 0 Å². The molecule has 0 fully saturated rings. The number of rotatable bonds is 3. The topological polar surface area (TPSA) is 118 Å². The number of hydrogen-bond acceptors (Lipinski definition) is 5. The lowest BCUT2D eigenvalue weighted by Crippen LogP contribution is -2.09. The lowest BCUT2D eigenvalue weighted by Gasteiger charge is -1.92. The zero-order chi connectivity index (χ0) is 9.78. The van der Waals surface area contributed by atoms with Crippen molar-refractivity contribution in [2.24, 2.45) is 0 Å². The first-order valence-electron chi connectivity index (χ1n) is 2.43. The predicted molar refractivity (Wildman–Crippen MR) is 34.4 cm³/mol. The third-order valence-corrected chi connectivity index (χ3v) is 0.924. The van der Waals surface area contributed by atoms with Crippen molar-refractivity contribution < 1.29 is 31.8 Å². The van der Waals surface area contributed by atoms with E-state index in [1.165, 1.54) is 0 Å². The van der Waals surface area contributed by atoms with Crippen LogP contribution in [-0.2, 0) is 24.2 Å². The Morgan fingerprint density at radius 1 is 1.25 bits per heavy atom. The van der Waals surface area contributed by atoms with E-state index in [9.17, 15) is 18.0 Å². The zero-order valence-corrected chi connectivity index (χ0v) is 6.32. The molecule has 12 heavy (non-hydrogen) atoms. The standard InChI is InChI=1S/C4H4O7S/c5-3(6)1-2-4(7)11-12(8,9)10/h1-2H,(H,5,6)(H,8,9,10)/b2-1+. The van der Waals surface area contributed by atoms with Crippen molar-refractivity contribution in [3.8, 4) is 0 Å². The van der Waals surface area contributed by atoms with Gasteiger partial charge in [-0.25, -0.2) is 9.59 Å². The van der Waals surface area contributed by atoms with Crippen molar-refractivity contribution >= 4 is 22.3 Å². The molecule has 0 aliphatic carbocycles. The lowest BCUT2D eigenvalue weighted by molar-refractivity contribution is -0.133. The second-order valence-electron chi connectivity index (χ2n) is 1.50. The van der Waals surface area contributed by atoms with E-state index in [0.29, 0.717) is 12.2 Å². The summed E-state index contributed by atoms with van der Waals surface area (Å²) in [5.41, 5.74) is 0. The molecule has 0 aromatic rings. The molecule has 0 aliphatic heterocycles. The molecule has 0 saturated heterocycles. The molecular weight excluding hydrogens is 192 g/mol. The number of carboxylic acids is 1. The number of carboxylic acid groups (broad SMARTS) is 1. The van der Waals surface area contributed by atoms with E-state index in [-0.39, 0.29) is 0 Å². The maximum Gasteiger partial charge on any atom is 0.449 e. The molecule has 0 aromatic carbocycles. The highest BCUT2D eigenvalue weighted by Gasteiger charge is 2.09. The molecule has 0 saturated carbocycles. The van der Waals surface area contributed by atoms with Gasteiger partial charge in [-0.05, 0) is 0 Å². The van der Waals surface area contributed by atoms with Crippen LogP contribution >= 0.6 is 0 Å². The second kappa shape index (κ2) is 3.83. The quantitative estimate of drug-likeness (QED) is 0.437. The van der Waals surface area contributed by atoms with Crippen molar-refractivity contribution in [1.82, 2.24) is 0 Å². The molecule has 0 spiro atoms. The molecule has 0 atom stereocenters. The van der Waals surface area contributed by atoms with E-state index < -0.39 is 22.3 Å². The molecule has 0 heterocycles. The maximum absolute atomic E-state index is 10.3. The van der Waals surface area contributed by atoms with Gasteiger partial charge >= 0.3 is 22.3 Å². The van der Waals surface area contributed by atoms with Crippen LogP contribution in [0, 0.1) is 0 Å². The fourth-order valence-electron chi connectivity index (χ4n) is 0.271. The normalized spacial score (nSPS) is 11.4. The molecule has 2 N–H and O–H groups in total. The van der Waals surface area contributed by atoms with Crippen molar-refractivity contribution in [2.45, 2.75) is 0 Å². The SMILES string of the molecule is O=C(O)/C=C/C(=O)OS(=O)(=O)O. The van der Waals surface area contributed by atoms with Gasteiger partial charge in [0.1, 0.15) is 0 Å². The fraction of sp³-hybridized carbons (Fsp3) is 0. The first-order valence-corrected chi connectivity index (χ1v) is 3.79. The van der Waals surface area contributed by atoms with Crippen LogP contribution in [-0.4, -0.2) is 30.0 Å². The van der Waals surface area contributed by atoms with Gasteiger partial charge < -0.3 is 9.29 Å². The molecule has 0 aliphatic rings. The molecule has 0 bridgehead atoms. The van der Waals surface area contributed by atoms with Crippen molar-refractivity contribution in [1.29, 1.82) is 0 Å². The van der Waals surface area contributed by atoms with Crippen LogP contribution in [0.4, 0.5) is 0 Å². The molecule has 0 rings (SSSR count). The summed E-state index contributed by atoms with van der Waals surface area (Å²) in [5.74, 6) is -2.93. The Hall–Kier alpha value is -1.41. The summed E-state index contributed by atoms with van der Waals surface area (Å²) in [6.45, 7) is 0. The Kier molecular flexibility index (Phi) is 3.38. The summed E-state index contributed by atoms with van der Waals surface area (Å²) in [4.78, 5) is 20.0. The van der Waals surface area contributed by atoms with Gasteiger partial charge in [-0.15, -0.1) is 0 Å². The Labute approximate surface area is 67.2 Å². The van der Waals surface area contributed by atoms with Gasteiger partial charge in [0.2, 0.25) is 0 Å². The average molecular weight is 196 g/mol. The highest BCUT2D eigenvalue weighted by Crippen LogP contribution is 1.88. The highest BCUT2D eigenvalue weighted by atomic mass is 32.3. The Balaban J connectivity index is 4.18. The molecule has 7 nitrogen and oxygen atoms in total. The monoisotopic (exact) mass is 196 g/mol. The first kappa shape index (κ1) is 10.6. The predicted octanol–water partition coefficient (Wildman–Crippen LogP) is -1.03. The average Bonchev–Trinajstić information content (AvgIpc) is 1.79. The van der Waals surface area contributed by atoms with Gasteiger partial charge in [0.25, 0.3) is 0 Å². The van der Waals surface area contributed by atoms with E-state index in [2.05, 4.69) is 4.18 Å². The van der Waals surface area contributed by atoms with Gasteiger partial charge in [0.05, 0.1) is 0 Å². The summed E-state index contributed by atoms with van der Waals surface area (Å²) in [7, 11) is -4.86. The zero-order valence-electron chi connectivity index (χ0n) is 5.50. The molecular formula is C4H4O7S. The number of carbonyl (C=O) groups excluding carboxylic acids is 1. The van der Waals surface area contributed by atoms with Crippen LogP contribution in [0.1, 0.15) is 0 Å². The van der Waals surface area contributed by atoms with Crippen LogP contribution < -0.4 is 0 Å². The minimum atomic E-state index is -4.86. The van der Waals surface area contributed by atoms with E-state index in [4.69, 9.17) is 9.66 Å². The third-order valence-electron chi connectivity index (χ3n) is 0.549. The van der Waals surface area contributed by atoms with Crippen LogP contribution in [0.5, 0.6) is 0 Å². The summed E-state index contributed by atoms with van der Waals surface area (Å²) in [6, 6.07) is 0. The maximum atomic E-state index is 10.3. The molecule has 68 valence electrons. The number of carbonyl (C=O) groups is 2. The van der Waals surface area contributed by atoms with Crippen molar-refractivity contribution in [3.05, 3.63) is 12.2 Å². The molecule has 0 amide bonds. The highest BCUT2D eigenvalue weighted by molar-refractivity contribution is 7.81. The van der Waals surface area contributed by atoms with Gasteiger partial charge in [0.15, 0.2) is 0 Å². The van der Waals surface area contributed by atoms with Crippen LogP contribution in [0.2, 0.25) is 0 Å². The van der Waals surface area contributed by atoms with Crippen molar-refractivity contribution in [3.63, 3.8) is 0 Å². The van der Waals surface area contributed by atoms with E-state index >= 15 is 0 Å². The summed E-state index contributed by atoms with van der Waals surface area (Å²) < 4.78 is 30.9. The van der Waals surface area contributed by atoms with Gasteiger partial charge in [-0.1, -0.05) is 0 Å². The molecule has 0 unspecified atom stereocenters. The van der Waals surface area contributed by atoms with E-state index in [1.54, 1.807) is 0 Å². The first-order chi connectivity index (χ1) is 5.31. The number of hydrogen-bond donors (Lipinski definition) is 2. The molecule has 0 aromatic heterocycles. The fourth-order valence-corrected chi connectivity index (χ4v) is 0.534. The summed E-state index contributed by atoms with van der Waals surface area (Å²) in [5, 5.41) is 7.95. The van der Waals surface area contributed by atoms with Crippen LogP contribution in [0.25, 0.3) is 0 Å². The number of aliphatic carboxylic acids is 1. The van der Waals surface area contributed by atoms with Crippen LogP contribution in [0.15, 0.2) is 12.2 Å². The molecule has 0 radical (unpaired) electrons. The van der Waals surface area contributed by atoms with E-state index in [1.807, 2.05) is 0 Å². The smallest absolute Gasteiger partial charge is 0.449 e. The summed E-state index contributed by atoms with van der Waals surface area (Å²) >= 11 is 0. The van der Waals surface area contributed by atoms with Crippen LogP contribution in [0.3, 0.4) is 0 Å². The Morgan fingerprint density at radius 3 is 2.08 bits per heavy atom. The lowest BCUT2D eigenvalue weighted by atomic mass is 10.5. The second-order valence-corrected chi connectivity index (χ2v) is 2.52. The Bertz CT molecular complexity index is 310.